The van der Waals surface area contributed by atoms with Gasteiger partial charge in [0.05, 0.1) is 6.61 Å². The third-order valence-corrected chi connectivity index (χ3v) is 2.05. The van der Waals surface area contributed by atoms with E-state index in [-0.39, 0.29) is 0 Å². The maximum atomic E-state index is 8.31. The molecule has 15 heavy (non-hydrogen) atoms. The zero-order valence-electron chi connectivity index (χ0n) is 9.70. The molecular formula is C10H23N3O2. The number of nitrogens with zero attached hydrogens (tertiary/aromatic N) is 1. The largest absolute Gasteiger partial charge is 0.409 e. The van der Waals surface area contributed by atoms with Crippen LogP contribution in [0.1, 0.15) is 33.1 Å². The maximum absolute atomic E-state index is 8.31. The van der Waals surface area contributed by atoms with Gasteiger partial charge in [-0.3, -0.25) is 0 Å². The van der Waals surface area contributed by atoms with Crippen molar-refractivity contribution in [1.82, 2.24) is 5.32 Å². The third-order valence-electron chi connectivity index (χ3n) is 2.05. The summed E-state index contributed by atoms with van der Waals surface area (Å²) in [6, 6.07) is 0.383. The van der Waals surface area contributed by atoms with E-state index in [4.69, 9.17) is 15.7 Å². The fourth-order valence-corrected chi connectivity index (χ4v) is 1.18. The molecule has 1 unspecified atom stereocenters. The number of hydrogen-bond acceptors (Lipinski definition) is 4. The van der Waals surface area contributed by atoms with Crippen LogP contribution in [0, 0.1) is 0 Å². The molecule has 0 amide bonds. The number of nitrogens with one attached hydrogen (secondary N) is 1. The molecule has 0 saturated heterocycles. The van der Waals surface area contributed by atoms with Crippen LogP contribution in [0.15, 0.2) is 5.16 Å². The molecule has 1 atom stereocenters. The summed E-state index contributed by atoms with van der Waals surface area (Å²) in [5.41, 5.74) is 5.34. The van der Waals surface area contributed by atoms with Gasteiger partial charge in [0, 0.05) is 19.1 Å². The molecule has 90 valence electrons. The van der Waals surface area contributed by atoms with Gasteiger partial charge in [0.25, 0.3) is 0 Å². The van der Waals surface area contributed by atoms with Crippen LogP contribution in [-0.4, -0.2) is 36.8 Å². The van der Waals surface area contributed by atoms with E-state index >= 15 is 0 Å². The molecule has 0 heterocycles. The van der Waals surface area contributed by atoms with Gasteiger partial charge in [0.1, 0.15) is 5.84 Å². The Morgan fingerprint density at radius 1 is 1.53 bits per heavy atom. The van der Waals surface area contributed by atoms with Gasteiger partial charge >= 0.3 is 0 Å². The number of oxime groups is 1. The van der Waals surface area contributed by atoms with Crippen LogP contribution in [0.2, 0.25) is 0 Å². The smallest absolute Gasteiger partial charge is 0.139 e. The highest BCUT2D eigenvalue weighted by Crippen LogP contribution is 1.94. The van der Waals surface area contributed by atoms with E-state index in [0.29, 0.717) is 18.3 Å². The number of unbranched alkanes of at least 4 members (excludes halogenated alkanes) is 1. The van der Waals surface area contributed by atoms with Gasteiger partial charge in [-0.15, -0.1) is 0 Å². The minimum atomic E-state index is 0.303. The lowest BCUT2D eigenvalue weighted by atomic mass is 10.2. The third kappa shape index (κ3) is 9.49. The zero-order chi connectivity index (χ0) is 11.5. The molecule has 0 aliphatic rings. The van der Waals surface area contributed by atoms with E-state index in [1.54, 1.807) is 0 Å². The zero-order valence-corrected chi connectivity index (χ0v) is 9.70. The Morgan fingerprint density at radius 3 is 2.87 bits per heavy atom. The van der Waals surface area contributed by atoms with Crippen LogP contribution in [0.25, 0.3) is 0 Å². The predicted octanol–water partition coefficient (Wildman–Crippen LogP) is 0.918. The van der Waals surface area contributed by atoms with Crippen LogP contribution >= 0.6 is 0 Å². The Balaban J connectivity index is 3.23. The summed E-state index contributed by atoms with van der Waals surface area (Å²) in [6.07, 6.45) is 2.61. The van der Waals surface area contributed by atoms with Crippen molar-refractivity contribution in [3.05, 3.63) is 0 Å². The SMILES string of the molecule is CCOCC(C)NCCCCC(N)=NO. The summed E-state index contributed by atoms with van der Waals surface area (Å²) in [6.45, 7) is 6.53. The molecule has 0 aliphatic carbocycles. The summed E-state index contributed by atoms with van der Waals surface area (Å²) in [5, 5.41) is 14.6. The van der Waals surface area contributed by atoms with Crippen molar-refractivity contribution in [3.8, 4) is 0 Å². The number of amidine groups is 1. The highest BCUT2D eigenvalue weighted by molar-refractivity contribution is 5.79. The molecule has 0 aromatic rings. The average molecular weight is 217 g/mol. The molecule has 0 rings (SSSR count). The molecule has 4 N–H and O–H groups in total. The van der Waals surface area contributed by atoms with Crippen LogP contribution in [0.4, 0.5) is 0 Å². The molecule has 0 aliphatic heterocycles. The van der Waals surface area contributed by atoms with Crippen molar-refractivity contribution in [1.29, 1.82) is 0 Å². The van der Waals surface area contributed by atoms with Crippen LogP contribution in [0.5, 0.6) is 0 Å². The van der Waals surface area contributed by atoms with Crippen molar-refractivity contribution in [2.45, 2.75) is 39.2 Å². The van der Waals surface area contributed by atoms with Gasteiger partial charge in [-0.2, -0.15) is 0 Å². The molecule has 0 spiro atoms. The van der Waals surface area contributed by atoms with E-state index in [0.717, 1.165) is 32.6 Å². The quantitative estimate of drug-likeness (QED) is 0.176. The first-order valence-corrected chi connectivity index (χ1v) is 5.48. The minimum Gasteiger partial charge on any atom is -0.409 e. The summed E-state index contributed by atoms with van der Waals surface area (Å²) in [7, 11) is 0. The van der Waals surface area contributed by atoms with Gasteiger partial charge < -0.3 is 21.0 Å². The lowest BCUT2D eigenvalue weighted by Crippen LogP contribution is -2.31. The number of nitrogens with two attached hydrogens (primary N) is 1. The van der Waals surface area contributed by atoms with Crippen molar-refractivity contribution in [2.24, 2.45) is 10.9 Å². The second kappa shape index (κ2) is 9.73. The van der Waals surface area contributed by atoms with E-state index in [2.05, 4.69) is 17.4 Å². The molecule has 0 bridgehead atoms. The summed E-state index contributed by atoms with van der Waals surface area (Å²) < 4.78 is 5.27. The summed E-state index contributed by atoms with van der Waals surface area (Å²) in [4.78, 5) is 0. The molecular weight excluding hydrogens is 194 g/mol. The first kappa shape index (κ1) is 14.2. The fraction of sp³-hybridized carbons (Fsp3) is 0.900. The first-order valence-electron chi connectivity index (χ1n) is 5.48. The van der Waals surface area contributed by atoms with E-state index in [9.17, 15) is 0 Å². The Hall–Kier alpha value is -0.810. The lowest BCUT2D eigenvalue weighted by Gasteiger charge is -2.13. The molecule has 0 radical (unpaired) electrons. The minimum absolute atomic E-state index is 0.303. The van der Waals surface area contributed by atoms with Crippen molar-refractivity contribution >= 4 is 5.84 Å². The first-order chi connectivity index (χ1) is 7.20. The molecule has 0 saturated carbocycles. The predicted molar refractivity (Wildman–Crippen MR) is 61.2 cm³/mol. The molecule has 0 fully saturated rings. The van der Waals surface area contributed by atoms with Crippen LogP contribution in [-0.2, 0) is 4.74 Å². The topological polar surface area (TPSA) is 79.9 Å². The van der Waals surface area contributed by atoms with E-state index < -0.39 is 0 Å². The Kier molecular flexibility index (Phi) is 9.21. The number of rotatable bonds is 9. The Morgan fingerprint density at radius 2 is 2.27 bits per heavy atom. The standard InChI is InChI=1S/C10H23N3O2/c1-3-15-8-9(2)12-7-5-4-6-10(11)13-14/h9,12,14H,3-8H2,1-2H3,(H2,11,13). The molecule has 0 aromatic heterocycles. The maximum Gasteiger partial charge on any atom is 0.139 e. The summed E-state index contributed by atoms with van der Waals surface area (Å²) in [5.74, 6) is 0.303. The second-order valence-corrected chi connectivity index (χ2v) is 3.56. The van der Waals surface area contributed by atoms with Gasteiger partial charge in [-0.05, 0) is 33.2 Å². The van der Waals surface area contributed by atoms with Crippen molar-refractivity contribution in [3.63, 3.8) is 0 Å². The fourth-order valence-electron chi connectivity index (χ4n) is 1.18. The summed E-state index contributed by atoms with van der Waals surface area (Å²) >= 11 is 0. The van der Waals surface area contributed by atoms with Crippen LogP contribution < -0.4 is 11.1 Å². The Bertz CT molecular complexity index is 174. The van der Waals surface area contributed by atoms with Gasteiger partial charge in [0.15, 0.2) is 0 Å². The average Bonchev–Trinajstić information content (AvgIpc) is 2.25. The molecule has 5 nitrogen and oxygen atoms in total. The monoisotopic (exact) mass is 217 g/mol. The molecule has 0 aromatic carbocycles. The molecule has 5 heteroatoms. The van der Waals surface area contributed by atoms with E-state index in [1.165, 1.54) is 0 Å². The highest BCUT2D eigenvalue weighted by Gasteiger charge is 2.00. The van der Waals surface area contributed by atoms with Gasteiger partial charge in [-0.1, -0.05) is 5.16 Å². The van der Waals surface area contributed by atoms with Crippen LogP contribution in [0.3, 0.4) is 0 Å². The highest BCUT2D eigenvalue weighted by atomic mass is 16.5. The van der Waals surface area contributed by atoms with Crippen molar-refractivity contribution < 1.29 is 9.94 Å². The number of hydrogen-bond donors (Lipinski definition) is 3. The lowest BCUT2D eigenvalue weighted by molar-refractivity contribution is 0.127. The van der Waals surface area contributed by atoms with Crippen molar-refractivity contribution in [2.75, 3.05) is 19.8 Å². The second-order valence-electron chi connectivity index (χ2n) is 3.56. The van der Waals surface area contributed by atoms with Gasteiger partial charge in [-0.25, -0.2) is 0 Å². The number of ether oxygens (including phenoxy) is 1. The van der Waals surface area contributed by atoms with Gasteiger partial charge in [0.2, 0.25) is 0 Å². The Labute approximate surface area is 91.7 Å². The normalized spacial score (nSPS) is 14.1. The van der Waals surface area contributed by atoms with E-state index in [1.807, 2.05) is 6.92 Å².